The molecular weight excluding hydrogens is 1120 g/mol. The lowest BCUT2D eigenvalue weighted by Crippen LogP contribution is -2.16. The van der Waals surface area contributed by atoms with Crippen LogP contribution in [0.25, 0.3) is 150 Å². The number of rotatable bonds is 12. The highest BCUT2D eigenvalue weighted by Gasteiger charge is 2.25. The molecule has 15 rings (SSSR count). The number of nitrogens with zero attached hydrogens (tertiary/aromatic N) is 1. The van der Waals surface area contributed by atoms with Crippen LogP contribution in [0.3, 0.4) is 0 Å². The third-order valence-corrected chi connectivity index (χ3v) is 18.7. The highest BCUT2D eigenvalue weighted by molar-refractivity contribution is 6.12. The number of para-hydroxylation sites is 1. The third-order valence-electron chi connectivity index (χ3n) is 18.7. The molecule has 0 aliphatic heterocycles. The van der Waals surface area contributed by atoms with Crippen LogP contribution in [0.5, 0.6) is 0 Å². The normalized spacial score (nSPS) is 11.8. The molecule has 0 bridgehead atoms. The predicted octanol–water partition coefficient (Wildman–Crippen LogP) is 25.7. The van der Waals surface area contributed by atoms with Crippen molar-refractivity contribution in [2.75, 3.05) is 0 Å². The van der Waals surface area contributed by atoms with Gasteiger partial charge in [-0.05, 0) is 206 Å². The minimum atomic E-state index is -0.0561. The molecule has 0 saturated carbocycles. The van der Waals surface area contributed by atoms with E-state index in [4.69, 9.17) is 0 Å². The van der Waals surface area contributed by atoms with Crippen LogP contribution in [0.4, 0.5) is 0 Å². The molecule has 0 amide bonds. The Morgan fingerprint density at radius 2 is 0.430 bits per heavy atom. The van der Waals surface area contributed by atoms with Crippen molar-refractivity contribution in [2.24, 2.45) is 0 Å². The molecule has 0 aliphatic carbocycles. The molecule has 0 unspecified atom stereocenters. The van der Waals surface area contributed by atoms with Gasteiger partial charge in [0.05, 0.1) is 16.7 Å². The molecule has 0 aliphatic rings. The molecule has 0 radical (unpaired) electrons. The van der Waals surface area contributed by atoms with Crippen molar-refractivity contribution in [3.63, 3.8) is 0 Å². The minimum absolute atomic E-state index is 0.0561. The van der Waals surface area contributed by atoms with Crippen LogP contribution in [-0.2, 0) is 10.8 Å². The van der Waals surface area contributed by atoms with Gasteiger partial charge in [-0.15, -0.1) is 0 Å². The minimum Gasteiger partial charge on any atom is -0.309 e. The average molecular weight is 1190 g/mol. The summed E-state index contributed by atoms with van der Waals surface area (Å²) in [5.74, 6) is 0. The molecule has 93 heavy (non-hydrogen) atoms. The van der Waals surface area contributed by atoms with Crippen LogP contribution in [0.15, 0.2) is 334 Å². The van der Waals surface area contributed by atoms with E-state index >= 15 is 0 Å². The highest BCUT2D eigenvalue weighted by Crippen LogP contribution is 2.47. The summed E-state index contributed by atoms with van der Waals surface area (Å²) in [6.45, 7) is 14.0. The van der Waals surface area contributed by atoms with Gasteiger partial charge in [-0.3, -0.25) is 0 Å². The largest absolute Gasteiger partial charge is 0.309 e. The summed E-state index contributed by atoms with van der Waals surface area (Å²) >= 11 is 0. The average Bonchev–Trinajstić information content (AvgIpc) is 1.61. The van der Waals surface area contributed by atoms with E-state index in [9.17, 15) is 0 Å². The topological polar surface area (TPSA) is 4.93 Å². The van der Waals surface area contributed by atoms with Gasteiger partial charge >= 0.3 is 0 Å². The second kappa shape index (κ2) is 24.3. The zero-order chi connectivity index (χ0) is 63.2. The molecule has 0 saturated heterocycles. The van der Waals surface area contributed by atoms with E-state index in [0.717, 1.165) is 61.2 Å². The number of hydrogen-bond acceptors (Lipinski definition) is 0. The fraction of sp³-hybridized carbons (Fsp3) is 0.0870. The Morgan fingerprint density at radius 3 is 0.731 bits per heavy atom. The van der Waals surface area contributed by atoms with Crippen LogP contribution in [0, 0.1) is 0 Å². The summed E-state index contributed by atoms with van der Waals surface area (Å²) < 4.78 is 2.54. The quantitative estimate of drug-likeness (QED) is 0.115. The van der Waals surface area contributed by atoms with Crippen molar-refractivity contribution in [1.29, 1.82) is 0 Å². The van der Waals surface area contributed by atoms with Crippen LogP contribution < -0.4 is 0 Å². The Balaban J connectivity index is 0.995. The Bertz CT molecular complexity index is 4740. The van der Waals surface area contributed by atoms with Gasteiger partial charge in [-0.25, -0.2) is 0 Å². The van der Waals surface area contributed by atoms with E-state index < -0.39 is 0 Å². The molecule has 15 aromatic rings. The van der Waals surface area contributed by atoms with Gasteiger partial charge < -0.3 is 4.57 Å². The maximum atomic E-state index is 2.54. The van der Waals surface area contributed by atoms with Crippen molar-refractivity contribution in [1.82, 2.24) is 4.57 Å². The van der Waals surface area contributed by atoms with Crippen molar-refractivity contribution in [2.45, 2.75) is 52.4 Å². The third kappa shape index (κ3) is 11.4. The van der Waals surface area contributed by atoms with Crippen LogP contribution in [0.2, 0.25) is 0 Å². The van der Waals surface area contributed by atoms with E-state index in [1.165, 1.54) is 99.8 Å². The lowest BCUT2D eigenvalue weighted by atomic mass is 9.79. The molecule has 14 aromatic carbocycles. The van der Waals surface area contributed by atoms with Gasteiger partial charge in [0.15, 0.2) is 0 Å². The fourth-order valence-electron chi connectivity index (χ4n) is 13.8. The summed E-state index contributed by atoms with van der Waals surface area (Å²) in [6.07, 6.45) is 0. The van der Waals surface area contributed by atoms with Crippen molar-refractivity contribution >= 4 is 21.8 Å². The van der Waals surface area contributed by atoms with E-state index in [0.29, 0.717) is 0 Å². The summed E-state index contributed by atoms with van der Waals surface area (Å²) in [4.78, 5) is 0. The van der Waals surface area contributed by atoms with E-state index in [2.05, 4.69) is 380 Å². The van der Waals surface area contributed by atoms with E-state index in [-0.39, 0.29) is 10.8 Å². The van der Waals surface area contributed by atoms with E-state index in [1.807, 2.05) is 0 Å². The Labute approximate surface area is 548 Å². The van der Waals surface area contributed by atoms with Crippen LogP contribution in [0.1, 0.15) is 52.7 Å². The molecule has 1 heteroatoms. The van der Waals surface area contributed by atoms with Gasteiger partial charge in [0.25, 0.3) is 0 Å². The lowest BCUT2D eigenvalue weighted by molar-refractivity contribution is 0.569. The number of hydrogen-bond donors (Lipinski definition) is 0. The zero-order valence-corrected chi connectivity index (χ0v) is 53.7. The molecule has 1 nitrogen and oxygen atoms in total. The molecular formula is C92H73N. The first-order valence-corrected chi connectivity index (χ1v) is 32.6. The Hall–Kier alpha value is -11.1. The van der Waals surface area contributed by atoms with Crippen molar-refractivity contribution in [3.8, 4) is 128 Å². The fourth-order valence-corrected chi connectivity index (χ4v) is 13.8. The van der Waals surface area contributed by atoms with Gasteiger partial charge in [-0.1, -0.05) is 308 Å². The second-order valence-electron chi connectivity index (χ2n) is 26.9. The van der Waals surface area contributed by atoms with Crippen LogP contribution >= 0.6 is 0 Å². The SMILES string of the molecule is CC(C)(C)c1cc(-c2ccccc2-n2c3ccc(-c4cc(-c5ccccc5-c5ccccc5)cc(-c5ccccc5-c5ccccc5)c4)cc3c3cc(-c4cc(-c5ccccc5-c5ccccc5)cc(-c5ccccc5-c5ccccc5)c4)ccc32)cc(C(C)(C)C)c1. The molecule has 0 N–H and O–H groups in total. The summed E-state index contributed by atoms with van der Waals surface area (Å²) in [6, 6.07) is 124. The number of aromatic nitrogens is 1. The lowest BCUT2D eigenvalue weighted by Gasteiger charge is -2.27. The Kier molecular flexibility index (Phi) is 15.2. The van der Waals surface area contributed by atoms with Gasteiger partial charge in [0.1, 0.15) is 0 Å². The molecule has 0 fully saturated rings. The van der Waals surface area contributed by atoms with Gasteiger partial charge in [-0.2, -0.15) is 0 Å². The predicted molar refractivity (Wildman–Crippen MR) is 398 cm³/mol. The smallest absolute Gasteiger partial charge is 0.0541 e. The summed E-state index contributed by atoms with van der Waals surface area (Å²) in [5, 5.41) is 2.36. The number of fused-ring (bicyclic) bond motifs is 3. The zero-order valence-electron chi connectivity index (χ0n) is 53.7. The van der Waals surface area contributed by atoms with Crippen molar-refractivity contribution < 1.29 is 0 Å². The highest BCUT2D eigenvalue weighted by atomic mass is 15.0. The van der Waals surface area contributed by atoms with E-state index in [1.54, 1.807) is 0 Å². The molecule has 1 heterocycles. The molecule has 1 aromatic heterocycles. The summed E-state index contributed by atoms with van der Waals surface area (Å²) in [5.41, 5.74) is 31.9. The van der Waals surface area contributed by atoms with Crippen molar-refractivity contribution in [3.05, 3.63) is 345 Å². The molecule has 0 spiro atoms. The second-order valence-corrected chi connectivity index (χ2v) is 26.9. The molecule has 0 atom stereocenters. The first-order valence-electron chi connectivity index (χ1n) is 32.6. The van der Waals surface area contributed by atoms with Gasteiger partial charge in [0.2, 0.25) is 0 Å². The van der Waals surface area contributed by atoms with Crippen LogP contribution in [-0.4, -0.2) is 4.57 Å². The summed E-state index contributed by atoms with van der Waals surface area (Å²) in [7, 11) is 0. The first-order chi connectivity index (χ1) is 45.4. The standard InChI is InChI=1S/C92H73N/c1-91(2,3)75-57-74(58-76(61-75)92(4,5)6)85-45-27-28-46-88(85)93-89-49-47-66(68-51-70(81-41-23-19-37-77(81)62-29-11-7-12-30-62)55-71(52-68)82-42-24-20-38-78(82)63-31-13-8-14-32-63)59-86(89)87-60-67(48-50-90(87)93)69-53-72(83-43-25-21-39-79(83)64-33-15-9-16-34-64)56-73(54-69)84-44-26-22-40-80(84)65-35-17-10-18-36-65/h7-61H,1-6H3. The van der Waals surface area contributed by atoms with Gasteiger partial charge in [0, 0.05) is 16.3 Å². The number of benzene rings is 14. The molecule has 446 valence electrons. The first kappa shape index (κ1) is 58.3. The maximum Gasteiger partial charge on any atom is 0.0541 e. The monoisotopic (exact) mass is 1190 g/mol. The maximum absolute atomic E-state index is 2.54. The Morgan fingerprint density at radius 1 is 0.183 bits per heavy atom.